The lowest BCUT2D eigenvalue weighted by molar-refractivity contribution is 0.173. The quantitative estimate of drug-likeness (QED) is 0.875. The summed E-state index contributed by atoms with van der Waals surface area (Å²) >= 11 is 5.76. The minimum atomic E-state index is -3.06. The first kappa shape index (κ1) is 13.5. The van der Waals surface area contributed by atoms with Gasteiger partial charge in [-0.05, 0) is 17.7 Å². The van der Waals surface area contributed by atoms with Crippen molar-refractivity contribution in [3.05, 3.63) is 46.3 Å². The number of benzene rings is 1. The Morgan fingerprint density at radius 1 is 1.39 bits per heavy atom. The van der Waals surface area contributed by atoms with Crippen molar-refractivity contribution < 1.29 is 13.5 Å². The summed E-state index contributed by atoms with van der Waals surface area (Å²) < 4.78 is 22.4. The van der Waals surface area contributed by atoms with Crippen molar-refractivity contribution in [2.24, 2.45) is 0 Å². The van der Waals surface area contributed by atoms with Gasteiger partial charge in [-0.2, -0.15) is 0 Å². The van der Waals surface area contributed by atoms with E-state index in [0.29, 0.717) is 11.6 Å². The Kier molecular flexibility index (Phi) is 4.07. The summed E-state index contributed by atoms with van der Waals surface area (Å²) in [5.74, 6) is 0.0559. The molecule has 0 aliphatic carbocycles. The van der Waals surface area contributed by atoms with Gasteiger partial charge in [-0.25, -0.2) is 8.42 Å². The summed E-state index contributed by atoms with van der Waals surface area (Å²) in [6.45, 7) is 0.298. The first-order valence-corrected chi connectivity index (χ1v) is 7.63. The molecule has 1 aliphatic heterocycles. The number of rotatable bonds is 4. The number of sulfone groups is 1. The van der Waals surface area contributed by atoms with Crippen LogP contribution in [0.15, 0.2) is 35.7 Å². The number of aliphatic hydroxyl groups excluding tert-OH is 1. The van der Waals surface area contributed by atoms with Crippen LogP contribution in [-0.2, 0) is 9.84 Å². The fraction of sp³-hybridized carbons (Fsp3) is 0.333. The maximum absolute atomic E-state index is 11.2. The van der Waals surface area contributed by atoms with Crippen LogP contribution in [0.4, 0.5) is 0 Å². The molecule has 18 heavy (non-hydrogen) atoms. The minimum absolute atomic E-state index is 0.0559. The molecule has 0 aromatic heterocycles. The minimum Gasteiger partial charge on any atom is -0.387 e. The van der Waals surface area contributed by atoms with E-state index in [1.165, 1.54) is 5.41 Å². The lowest BCUT2D eigenvalue weighted by Crippen LogP contribution is -2.33. The molecule has 0 amide bonds. The highest BCUT2D eigenvalue weighted by Crippen LogP contribution is 2.16. The van der Waals surface area contributed by atoms with Crippen LogP contribution in [0.2, 0.25) is 5.02 Å². The van der Waals surface area contributed by atoms with Crippen molar-refractivity contribution in [2.75, 3.05) is 12.3 Å². The highest BCUT2D eigenvalue weighted by Gasteiger charge is 2.21. The molecule has 4 nitrogen and oxygen atoms in total. The largest absolute Gasteiger partial charge is 0.387 e. The van der Waals surface area contributed by atoms with E-state index in [0.717, 1.165) is 5.56 Å². The molecule has 1 aliphatic rings. The van der Waals surface area contributed by atoms with E-state index in [9.17, 15) is 13.5 Å². The fourth-order valence-corrected chi connectivity index (χ4v) is 3.16. The Bertz CT molecular complexity index is 539. The van der Waals surface area contributed by atoms with Gasteiger partial charge in [-0.15, -0.1) is 0 Å². The molecule has 0 bridgehead atoms. The molecule has 0 saturated heterocycles. The van der Waals surface area contributed by atoms with Gasteiger partial charge in [-0.3, -0.25) is 0 Å². The van der Waals surface area contributed by atoms with Crippen molar-refractivity contribution in [1.29, 1.82) is 0 Å². The van der Waals surface area contributed by atoms with Crippen LogP contribution in [0.3, 0.4) is 0 Å². The van der Waals surface area contributed by atoms with Gasteiger partial charge in [0.2, 0.25) is 0 Å². The van der Waals surface area contributed by atoms with E-state index in [-0.39, 0.29) is 11.8 Å². The standard InChI is InChI=1S/C12H14ClNO3S/c13-10-3-1-9(2-4-10)12(15)7-14-11-5-6-18(16,17)8-11/h1-6,11-12,14-15H,7-8H2. The summed E-state index contributed by atoms with van der Waals surface area (Å²) in [6, 6.07) is 6.68. The monoisotopic (exact) mass is 287 g/mol. The van der Waals surface area contributed by atoms with Gasteiger partial charge in [-0.1, -0.05) is 29.8 Å². The summed E-state index contributed by atoms with van der Waals surface area (Å²) in [5.41, 5.74) is 0.747. The average molecular weight is 288 g/mol. The van der Waals surface area contributed by atoms with E-state index >= 15 is 0 Å². The molecule has 2 atom stereocenters. The Labute approximate surface area is 111 Å². The zero-order valence-corrected chi connectivity index (χ0v) is 11.2. The molecule has 0 spiro atoms. The van der Waals surface area contributed by atoms with Crippen LogP contribution in [0.1, 0.15) is 11.7 Å². The molecular weight excluding hydrogens is 274 g/mol. The van der Waals surface area contributed by atoms with E-state index < -0.39 is 15.9 Å². The molecular formula is C12H14ClNO3S. The van der Waals surface area contributed by atoms with Gasteiger partial charge in [0.05, 0.1) is 11.9 Å². The van der Waals surface area contributed by atoms with Crippen LogP contribution in [0, 0.1) is 0 Å². The second-order valence-corrected chi connectivity index (χ2v) is 6.61. The molecule has 98 valence electrons. The van der Waals surface area contributed by atoms with Crippen molar-refractivity contribution in [1.82, 2.24) is 5.32 Å². The van der Waals surface area contributed by atoms with Crippen molar-refractivity contribution in [3.8, 4) is 0 Å². The van der Waals surface area contributed by atoms with Crippen molar-refractivity contribution in [3.63, 3.8) is 0 Å². The van der Waals surface area contributed by atoms with Crippen molar-refractivity contribution in [2.45, 2.75) is 12.1 Å². The molecule has 6 heteroatoms. The van der Waals surface area contributed by atoms with Gasteiger partial charge < -0.3 is 10.4 Å². The third-order valence-corrected chi connectivity index (χ3v) is 4.41. The summed E-state index contributed by atoms with van der Waals surface area (Å²) in [4.78, 5) is 0. The average Bonchev–Trinajstić information content (AvgIpc) is 2.67. The topological polar surface area (TPSA) is 66.4 Å². The van der Waals surface area contributed by atoms with Crippen LogP contribution < -0.4 is 5.32 Å². The van der Waals surface area contributed by atoms with E-state index in [4.69, 9.17) is 11.6 Å². The fourth-order valence-electron chi connectivity index (χ4n) is 1.77. The molecule has 1 aromatic rings. The molecule has 2 rings (SSSR count). The second kappa shape index (κ2) is 5.40. The summed E-state index contributed by atoms with van der Waals surface area (Å²) in [6.07, 6.45) is 0.920. The number of hydrogen-bond donors (Lipinski definition) is 2. The van der Waals surface area contributed by atoms with Gasteiger partial charge >= 0.3 is 0 Å². The number of halogens is 1. The smallest absolute Gasteiger partial charge is 0.173 e. The zero-order chi connectivity index (χ0) is 13.2. The third kappa shape index (κ3) is 3.55. The Morgan fingerprint density at radius 3 is 2.61 bits per heavy atom. The highest BCUT2D eigenvalue weighted by atomic mass is 35.5. The van der Waals surface area contributed by atoms with E-state index in [1.807, 2.05) is 0 Å². The molecule has 2 N–H and O–H groups in total. The van der Waals surface area contributed by atoms with Crippen LogP contribution in [-0.4, -0.2) is 31.9 Å². The van der Waals surface area contributed by atoms with Crippen LogP contribution in [0.25, 0.3) is 0 Å². The number of aliphatic hydroxyl groups is 1. The van der Waals surface area contributed by atoms with Gasteiger partial charge in [0.1, 0.15) is 0 Å². The molecule has 1 aromatic carbocycles. The lowest BCUT2D eigenvalue weighted by Gasteiger charge is -2.15. The zero-order valence-electron chi connectivity index (χ0n) is 9.58. The SMILES string of the molecule is O=S1(=O)C=CC(NCC(O)c2ccc(Cl)cc2)C1. The maximum atomic E-state index is 11.2. The first-order chi connectivity index (χ1) is 8.46. The molecule has 0 radical (unpaired) electrons. The van der Waals surface area contributed by atoms with Crippen LogP contribution in [0.5, 0.6) is 0 Å². The first-order valence-electron chi connectivity index (χ1n) is 5.54. The van der Waals surface area contributed by atoms with Crippen LogP contribution >= 0.6 is 11.6 Å². The molecule has 0 saturated carbocycles. The highest BCUT2D eigenvalue weighted by molar-refractivity contribution is 7.94. The summed E-state index contributed by atoms with van der Waals surface area (Å²) in [7, 11) is -3.06. The number of hydrogen-bond acceptors (Lipinski definition) is 4. The van der Waals surface area contributed by atoms with E-state index in [2.05, 4.69) is 5.32 Å². The molecule has 1 heterocycles. The summed E-state index contributed by atoms with van der Waals surface area (Å²) in [5, 5.41) is 14.7. The molecule has 0 fully saturated rings. The van der Waals surface area contributed by atoms with E-state index in [1.54, 1.807) is 30.3 Å². The Balaban J connectivity index is 1.88. The van der Waals surface area contributed by atoms with Gasteiger partial charge in [0.15, 0.2) is 9.84 Å². The predicted octanol–water partition coefficient (Wildman–Crippen LogP) is 1.27. The third-order valence-electron chi connectivity index (χ3n) is 2.76. The predicted molar refractivity (Wildman–Crippen MR) is 71.1 cm³/mol. The molecule has 2 unspecified atom stereocenters. The van der Waals surface area contributed by atoms with Gasteiger partial charge in [0.25, 0.3) is 0 Å². The Hall–Kier alpha value is -0.880. The normalized spacial score (nSPS) is 23.1. The second-order valence-electron chi connectivity index (χ2n) is 4.24. The maximum Gasteiger partial charge on any atom is 0.173 e. The Morgan fingerprint density at radius 2 is 2.06 bits per heavy atom. The van der Waals surface area contributed by atoms with Crippen molar-refractivity contribution >= 4 is 21.4 Å². The van der Waals surface area contributed by atoms with Gasteiger partial charge in [0, 0.05) is 23.0 Å². The number of nitrogens with one attached hydrogen (secondary N) is 1. The lowest BCUT2D eigenvalue weighted by atomic mass is 10.1.